The number of rotatable bonds is 3. The summed E-state index contributed by atoms with van der Waals surface area (Å²) in [6, 6.07) is 8.08. The van der Waals surface area contributed by atoms with Crippen LogP contribution in [-0.2, 0) is 11.2 Å². The Bertz CT molecular complexity index is 587. The normalized spacial score (nSPS) is 16.0. The van der Waals surface area contributed by atoms with Gasteiger partial charge >= 0.3 is 6.09 Å². The molecule has 1 aromatic carbocycles. The lowest BCUT2D eigenvalue weighted by Crippen LogP contribution is -2.54. The van der Waals surface area contributed by atoms with Gasteiger partial charge < -0.3 is 20.7 Å². The van der Waals surface area contributed by atoms with Gasteiger partial charge in [0.05, 0.1) is 6.04 Å². The number of nitrogens with two attached hydrogens (primary N) is 1. The van der Waals surface area contributed by atoms with Crippen molar-refractivity contribution in [3.63, 3.8) is 0 Å². The van der Waals surface area contributed by atoms with Gasteiger partial charge in [0.15, 0.2) is 5.96 Å². The minimum absolute atomic E-state index is 0.0179. The highest BCUT2D eigenvalue weighted by Gasteiger charge is 2.33. The van der Waals surface area contributed by atoms with E-state index < -0.39 is 5.60 Å². The highest BCUT2D eigenvalue weighted by Crippen LogP contribution is 2.17. The number of hydrogen-bond donors (Lipinski definition) is 2. The van der Waals surface area contributed by atoms with Crippen molar-refractivity contribution in [2.45, 2.75) is 45.8 Å². The van der Waals surface area contributed by atoms with Crippen LogP contribution in [0.15, 0.2) is 29.3 Å². The van der Waals surface area contributed by atoms with E-state index >= 15 is 0 Å². The fourth-order valence-corrected chi connectivity index (χ4v) is 2.26. The van der Waals surface area contributed by atoms with E-state index in [1.165, 1.54) is 5.56 Å². The summed E-state index contributed by atoms with van der Waals surface area (Å²) >= 11 is 0. The number of carbonyl (C=O) groups is 1. The minimum Gasteiger partial charge on any atom is -0.444 e. The zero-order valence-corrected chi connectivity index (χ0v) is 14.3. The molecule has 126 valence electrons. The molecule has 1 heterocycles. The third-order valence-corrected chi connectivity index (χ3v) is 3.44. The van der Waals surface area contributed by atoms with E-state index in [4.69, 9.17) is 10.5 Å². The predicted molar refractivity (Wildman–Crippen MR) is 92.7 cm³/mol. The SMILES string of the molecule is CCc1cccc(NC(N)=NC2CN(C(=O)OC(C)(C)C)C2)c1. The van der Waals surface area contributed by atoms with Crippen LogP contribution < -0.4 is 11.1 Å². The molecule has 6 nitrogen and oxygen atoms in total. The lowest BCUT2D eigenvalue weighted by molar-refractivity contribution is 0.00905. The number of aliphatic imine (C=N–C) groups is 1. The number of likely N-dealkylation sites (tertiary alicyclic amines) is 1. The monoisotopic (exact) mass is 318 g/mol. The van der Waals surface area contributed by atoms with Gasteiger partial charge in [0.2, 0.25) is 0 Å². The van der Waals surface area contributed by atoms with Crippen LogP contribution in [0, 0.1) is 0 Å². The number of benzene rings is 1. The van der Waals surface area contributed by atoms with Gasteiger partial charge in [0, 0.05) is 18.8 Å². The Balaban J connectivity index is 1.83. The number of guanidine groups is 1. The fraction of sp³-hybridized carbons (Fsp3) is 0.529. The summed E-state index contributed by atoms with van der Waals surface area (Å²) in [5, 5.41) is 3.09. The lowest BCUT2D eigenvalue weighted by atomic mass is 10.1. The van der Waals surface area contributed by atoms with Crippen molar-refractivity contribution >= 4 is 17.7 Å². The number of nitrogens with one attached hydrogen (secondary N) is 1. The van der Waals surface area contributed by atoms with Crippen molar-refractivity contribution in [3.05, 3.63) is 29.8 Å². The van der Waals surface area contributed by atoms with Gasteiger partial charge in [-0.3, -0.25) is 0 Å². The van der Waals surface area contributed by atoms with Crippen LogP contribution in [0.2, 0.25) is 0 Å². The number of carbonyl (C=O) groups excluding carboxylic acids is 1. The molecule has 1 fully saturated rings. The molecule has 0 spiro atoms. The molecular weight excluding hydrogens is 292 g/mol. The number of nitrogens with zero attached hydrogens (tertiary/aromatic N) is 2. The molecule has 0 aliphatic carbocycles. The molecule has 1 saturated heterocycles. The predicted octanol–water partition coefficient (Wildman–Crippen LogP) is 2.59. The maximum absolute atomic E-state index is 11.8. The summed E-state index contributed by atoms with van der Waals surface area (Å²) in [5.41, 5.74) is 7.62. The van der Waals surface area contributed by atoms with E-state index in [0.717, 1.165) is 12.1 Å². The largest absolute Gasteiger partial charge is 0.444 e. The average molecular weight is 318 g/mol. The van der Waals surface area contributed by atoms with E-state index in [1.54, 1.807) is 4.90 Å². The molecule has 3 N–H and O–H groups in total. The Morgan fingerprint density at radius 2 is 2.13 bits per heavy atom. The Hall–Kier alpha value is -2.24. The Kier molecular flexibility index (Phi) is 5.13. The molecule has 0 atom stereocenters. The highest BCUT2D eigenvalue weighted by atomic mass is 16.6. The summed E-state index contributed by atoms with van der Waals surface area (Å²) < 4.78 is 5.31. The second-order valence-electron chi connectivity index (χ2n) is 6.73. The van der Waals surface area contributed by atoms with Gasteiger partial charge in [-0.05, 0) is 44.9 Å². The minimum atomic E-state index is -0.476. The fourth-order valence-electron chi connectivity index (χ4n) is 2.26. The van der Waals surface area contributed by atoms with E-state index in [2.05, 4.69) is 29.4 Å². The van der Waals surface area contributed by atoms with E-state index in [1.807, 2.05) is 32.9 Å². The van der Waals surface area contributed by atoms with Crippen LogP contribution in [-0.4, -0.2) is 41.7 Å². The molecule has 1 aromatic rings. The maximum atomic E-state index is 11.8. The van der Waals surface area contributed by atoms with Crippen molar-refractivity contribution < 1.29 is 9.53 Å². The molecule has 0 bridgehead atoms. The van der Waals surface area contributed by atoms with Crippen LogP contribution >= 0.6 is 0 Å². The molecule has 2 rings (SSSR count). The molecule has 0 aromatic heterocycles. The van der Waals surface area contributed by atoms with Gasteiger partial charge in [-0.15, -0.1) is 0 Å². The molecule has 0 saturated carbocycles. The van der Waals surface area contributed by atoms with Gasteiger partial charge in [-0.25, -0.2) is 9.79 Å². The third kappa shape index (κ3) is 5.16. The lowest BCUT2D eigenvalue weighted by Gasteiger charge is -2.37. The zero-order valence-electron chi connectivity index (χ0n) is 14.3. The van der Waals surface area contributed by atoms with Crippen LogP contribution in [0.25, 0.3) is 0 Å². The van der Waals surface area contributed by atoms with Crippen LogP contribution in [0.4, 0.5) is 10.5 Å². The van der Waals surface area contributed by atoms with Crippen LogP contribution in [0.5, 0.6) is 0 Å². The van der Waals surface area contributed by atoms with E-state index in [0.29, 0.717) is 19.0 Å². The first-order valence-corrected chi connectivity index (χ1v) is 7.94. The molecule has 1 amide bonds. The first-order valence-electron chi connectivity index (χ1n) is 7.94. The standard InChI is InChI=1S/C17H26N4O2/c1-5-12-7-6-8-13(9-12)19-15(18)20-14-10-21(11-14)16(22)23-17(2,3)4/h6-9,14H,5,10-11H2,1-4H3,(H3,18,19,20). The van der Waals surface area contributed by atoms with Crippen LogP contribution in [0.1, 0.15) is 33.3 Å². The maximum Gasteiger partial charge on any atom is 0.410 e. The second kappa shape index (κ2) is 6.89. The zero-order chi connectivity index (χ0) is 17.0. The van der Waals surface area contributed by atoms with E-state index in [9.17, 15) is 4.79 Å². The Labute approximate surface area is 137 Å². The molecule has 0 unspecified atom stereocenters. The highest BCUT2D eigenvalue weighted by molar-refractivity contribution is 5.92. The topological polar surface area (TPSA) is 80.0 Å². The molecule has 6 heteroatoms. The van der Waals surface area contributed by atoms with Crippen molar-refractivity contribution in [2.24, 2.45) is 10.7 Å². The third-order valence-electron chi connectivity index (χ3n) is 3.44. The number of hydrogen-bond acceptors (Lipinski definition) is 3. The molecule has 1 aliphatic heterocycles. The van der Waals surface area contributed by atoms with Gasteiger partial charge in [0.1, 0.15) is 5.60 Å². The van der Waals surface area contributed by atoms with Gasteiger partial charge in [-0.2, -0.15) is 0 Å². The first-order chi connectivity index (χ1) is 10.8. The van der Waals surface area contributed by atoms with Crippen molar-refractivity contribution in [2.75, 3.05) is 18.4 Å². The number of amides is 1. The van der Waals surface area contributed by atoms with Gasteiger partial charge in [0.25, 0.3) is 0 Å². The molecule has 1 aliphatic rings. The van der Waals surface area contributed by atoms with Crippen molar-refractivity contribution in [1.29, 1.82) is 0 Å². The van der Waals surface area contributed by atoms with Gasteiger partial charge in [-0.1, -0.05) is 19.1 Å². The van der Waals surface area contributed by atoms with Crippen molar-refractivity contribution in [3.8, 4) is 0 Å². The number of aryl methyl sites for hydroxylation is 1. The quantitative estimate of drug-likeness (QED) is 0.663. The molecule has 23 heavy (non-hydrogen) atoms. The second-order valence-corrected chi connectivity index (χ2v) is 6.73. The van der Waals surface area contributed by atoms with Crippen LogP contribution in [0.3, 0.4) is 0 Å². The Morgan fingerprint density at radius 3 is 2.74 bits per heavy atom. The number of anilines is 1. The molecule has 0 radical (unpaired) electrons. The summed E-state index contributed by atoms with van der Waals surface area (Å²) in [4.78, 5) is 17.9. The Morgan fingerprint density at radius 1 is 1.43 bits per heavy atom. The average Bonchev–Trinajstić information content (AvgIpc) is 2.40. The summed E-state index contributed by atoms with van der Waals surface area (Å²) in [6.07, 6.45) is 0.672. The summed E-state index contributed by atoms with van der Waals surface area (Å²) in [6.45, 7) is 8.74. The van der Waals surface area contributed by atoms with E-state index in [-0.39, 0.29) is 12.1 Å². The summed E-state index contributed by atoms with van der Waals surface area (Å²) in [7, 11) is 0. The number of ether oxygens (including phenoxy) is 1. The first kappa shape index (κ1) is 17.1. The smallest absolute Gasteiger partial charge is 0.410 e. The summed E-state index contributed by atoms with van der Waals surface area (Å²) in [5.74, 6) is 0.368. The molecular formula is C17H26N4O2. The van der Waals surface area contributed by atoms with Crippen molar-refractivity contribution in [1.82, 2.24) is 4.90 Å².